The number of sulfonamides is 1. The molecule has 0 fully saturated rings. The zero-order chi connectivity index (χ0) is 12.9. The lowest BCUT2D eigenvalue weighted by Gasteiger charge is -2.17. The van der Waals surface area contributed by atoms with Crippen LogP contribution in [0.1, 0.15) is 31.9 Å². The minimum Gasteiger partial charge on any atom is -0.388 e. The second-order valence-electron chi connectivity index (χ2n) is 4.08. The van der Waals surface area contributed by atoms with Crippen LogP contribution in [0.2, 0.25) is 0 Å². The van der Waals surface area contributed by atoms with E-state index in [1.807, 2.05) is 30.3 Å². The van der Waals surface area contributed by atoms with Crippen LogP contribution in [0.4, 0.5) is 0 Å². The predicted molar refractivity (Wildman–Crippen MR) is 68.1 cm³/mol. The van der Waals surface area contributed by atoms with Crippen molar-refractivity contribution in [3.05, 3.63) is 35.9 Å². The summed E-state index contributed by atoms with van der Waals surface area (Å²) >= 11 is 0. The summed E-state index contributed by atoms with van der Waals surface area (Å²) in [4.78, 5) is 0. The quantitative estimate of drug-likeness (QED) is 0.810. The smallest absolute Gasteiger partial charge is 0.211 e. The molecule has 0 aliphatic rings. The summed E-state index contributed by atoms with van der Waals surface area (Å²) in [6.07, 6.45) is -0.283. The molecule has 0 heterocycles. The summed E-state index contributed by atoms with van der Waals surface area (Å²) in [5, 5.41) is 9.93. The van der Waals surface area contributed by atoms with Gasteiger partial charge in [-0.15, -0.1) is 0 Å². The van der Waals surface area contributed by atoms with Crippen LogP contribution in [-0.4, -0.2) is 25.3 Å². The first-order chi connectivity index (χ1) is 7.94. The summed E-state index contributed by atoms with van der Waals surface area (Å²) in [5.41, 5.74) is 0.801. The molecule has 0 aromatic heterocycles. The van der Waals surface area contributed by atoms with Crippen molar-refractivity contribution >= 4 is 10.0 Å². The number of rotatable bonds is 6. The molecule has 4 nitrogen and oxygen atoms in total. The number of aliphatic hydroxyl groups excluding tert-OH is 1. The van der Waals surface area contributed by atoms with E-state index in [-0.39, 0.29) is 11.8 Å². The first-order valence-electron chi connectivity index (χ1n) is 5.67. The summed E-state index contributed by atoms with van der Waals surface area (Å²) < 4.78 is 25.2. The van der Waals surface area contributed by atoms with Crippen LogP contribution >= 0.6 is 0 Å². The van der Waals surface area contributed by atoms with Crippen LogP contribution in [-0.2, 0) is 10.0 Å². The highest BCUT2D eigenvalue weighted by Crippen LogP contribution is 2.17. The van der Waals surface area contributed by atoms with Crippen LogP contribution in [0, 0.1) is 0 Å². The fourth-order valence-electron chi connectivity index (χ4n) is 1.58. The van der Waals surface area contributed by atoms with E-state index in [2.05, 4.69) is 4.72 Å². The maximum Gasteiger partial charge on any atom is 0.211 e. The molecule has 5 heteroatoms. The molecule has 0 bridgehead atoms. The Labute approximate surface area is 103 Å². The predicted octanol–water partition coefficient (Wildman–Crippen LogP) is 1.44. The van der Waals surface area contributed by atoms with Gasteiger partial charge in [0.05, 0.1) is 11.9 Å². The number of benzene rings is 1. The Hall–Kier alpha value is -0.910. The maximum absolute atomic E-state index is 11.3. The van der Waals surface area contributed by atoms with Crippen molar-refractivity contribution in [2.45, 2.75) is 32.4 Å². The SMILES string of the molecule is CCS(=O)(=O)N[C@H](C)C[C@H](O)c1ccccc1. The molecule has 1 rings (SSSR count). The van der Waals surface area contributed by atoms with Gasteiger partial charge in [0.15, 0.2) is 0 Å². The van der Waals surface area contributed by atoms with Gasteiger partial charge in [0, 0.05) is 6.04 Å². The first-order valence-corrected chi connectivity index (χ1v) is 7.33. The zero-order valence-electron chi connectivity index (χ0n) is 10.1. The monoisotopic (exact) mass is 257 g/mol. The molecular weight excluding hydrogens is 238 g/mol. The average molecular weight is 257 g/mol. The van der Waals surface area contributed by atoms with E-state index in [1.165, 1.54) is 0 Å². The van der Waals surface area contributed by atoms with Gasteiger partial charge in [-0.3, -0.25) is 0 Å². The Bertz CT molecular complexity index is 430. The van der Waals surface area contributed by atoms with Gasteiger partial charge in [-0.1, -0.05) is 30.3 Å². The van der Waals surface area contributed by atoms with Crippen molar-refractivity contribution in [3.63, 3.8) is 0 Å². The van der Waals surface area contributed by atoms with Gasteiger partial charge in [-0.25, -0.2) is 13.1 Å². The molecule has 1 aromatic rings. The van der Waals surface area contributed by atoms with Gasteiger partial charge >= 0.3 is 0 Å². The minimum absolute atomic E-state index is 0.0543. The third-order valence-electron chi connectivity index (χ3n) is 2.52. The van der Waals surface area contributed by atoms with Crippen LogP contribution in [0.5, 0.6) is 0 Å². The first kappa shape index (κ1) is 14.2. The van der Waals surface area contributed by atoms with Crippen LogP contribution in [0.25, 0.3) is 0 Å². The van der Waals surface area contributed by atoms with Gasteiger partial charge in [0.2, 0.25) is 10.0 Å². The maximum atomic E-state index is 11.3. The van der Waals surface area contributed by atoms with E-state index in [4.69, 9.17) is 0 Å². The Balaban J connectivity index is 2.55. The standard InChI is InChI=1S/C12H19NO3S/c1-3-17(15,16)13-10(2)9-12(14)11-7-5-4-6-8-11/h4-8,10,12-14H,3,9H2,1-2H3/t10-,12+/m1/s1. The third-order valence-corrected chi connectivity index (χ3v) is 4.04. The Kier molecular flexibility index (Phi) is 5.11. The van der Waals surface area contributed by atoms with E-state index in [9.17, 15) is 13.5 Å². The van der Waals surface area contributed by atoms with Gasteiger partial charge in [-0.05, 0) is 25.8 Å². The molecule has 0 spiro atoms. The molecule has 17 heavy (non-hydrogen) atoms. The van der Waals surface area contributed by atoms with E-state index in [0.29, 0.717) is 6.42 Å². The molecule has 0 unspecified atom stereocenters. The second kappa shape index (κ2) is 6.14. The highest BCUT2D eigenvalue weighted by Gasteiger charge is 2.16. The Morgan fingerprint density at radius 3 is 2.41 bits per heavy atom. The number of aliphatic hydroxyl groups is 1. The molecule has 0 aliphatic heterocycles. The second-order valence-corrected chi connectivity index (χ2v) is 6.13. The van der Waals surface area contributed by atoms with E-state index in [1.54, 1.807) is 13.8 Å². The van der Waals surface area contributed by atoms with Gasteiger partial charge in [0.1, 0.15) is 0 Å². The van der Waals surface area contributed by atoms with Gasteiger partial charge < -0.3 is 5.11 Å². The largest absolute Gasteiger partial charge is 0.388 e. The van der Waals surface area contributed by atoms with E-state index >= 15 is 0 Å². The lowest BCUT2D eigenvalue weighted by atomic mass is 10.0. The summed E-state index contributed by atoms with van der Waals surface area (Å²) in [6.45, 7) is 3.34. The number of hydrogen-bond donors (Lipinski definition) is 2. The van der Waals surface area contributed by atoms with Crippen LogP contribution < -0.4 is 4.72 Å². The van der Waals surface area contributed by atoms with Crippen molar-refractivity contribution in [2.75, 3.05) is 5.75 Å². The Morgan fingerprint density at radius 1 is 1.29 bits per heavy atom. The highest BCUT2D eigenvalue weighted by atomic mass is 32.2. The number of hydrogen-bond acceptors (Lipinski definition) is 3. The normalized spacial score (nSPS) is 15.5. The van der Waals surface area contributed by atoms with Gasteiger partial charge in [0.25, 0.3) is 0 Å². The van der Waals surface area contributed by atoms with Gasteiger partial charge in [-0.2, -0.15) is 0 Å². The lowest BCUT2D eigenvalue weighted by molar-refractivity contribution is 0.158. The fraction of sp³-hybridized carbons (Fsp3) is 0.500. The van der Waals surface area contributed by atoms with E-state index in [0.717, 1.165) is 5.56 Å². The van der Waals surface area contributed by atoms with Crippen molar-refractivity contribution in [2.24, 2.45) is 0 Å². The fourth-order valence-corrected chi connectivity index (χ4v) is 2.46. The third kappa shape index (κ3) is 4.85. The molecule has 0 aliphatic carbocycles. The average Bonchev–Trinajstić information content (AvgIpc) is 2.29. The lowest BCUT2D eigenvalue weighted by Crippen LogP contribution is -2.34. The van der Waals surface area contributed by atoms with Crippen LogP contribution in [0.15, 0.2) is 30.3 Å². The minimum atomic E-state index is -3.21. The molecule has 96 valence electrons. The molecule has 0 amide bonds. The Morgan fingerprint density at radius 2 is 1.88 bits per heavy atom. The zero-order valence-corrected chi connectivity index (χ0v) is 10.9. The summed E-state index contributed by atoms with van der Waals surface area (Å²) in [5.74, 6) is 0.0543. The summed E-state index contributed by atoms with van der Waals surface area (Å²) in [6, 6.07) is 8.94. The van der Waals surface area contributed by atoms with E-state index < -0.39 is 16.1 Å². The highest BCUT2D eigenvalue weighted by molar-refractivity contribution is 7.89. The molecule has 2 atom stereocenters. The van der Waals surface area contributed by atoms with Crippen molar-refractivity contribution < 1.29 is 13.5 Å². The van der Waals surface area contributed by atoms with Crippen molar-refractivity contribution in [3.8, 4) is 0 Å². The summed E-state index contributed by atoms with van der Waals surface area (Å²) in [7, 11) is -3.21. The molecule has 2 N–H and O–H groups in total. The van der Waals surface area contributed by atoms with Crippen molar-refractivity contribution in [1.29, 1.82) is 0 Å². The topological polar surface area (TPSA) is 66.4 Å². The van der Waals surface area contributed by atoms with Crippen LogP contribution in [0.3, 0.4) is 0 Å². The molecule has 0 saturated heterocycles. The molecule has 0 radical (unpaired) electrons. The molecular formula is C12H19NO3S. The molecule has 1 aromatic carbocycles. The molecule has 0 saturated carbocycles. The number of nitrogens with one attached hydrogen (secondary N) is 1. The van der Waals surface area contributed by atoms with Crippen molar-refractivity contribution in [1.82, 2.24) is 4.72 Å².